The highest BCUT2D eigenvalue weighted by molar-refractivity contribution is 9.10. The van der Waals surface area contributed by atoms with Crippen molar-refractivity contribution in [2.75, 3.05) is 13.7 Å². The molecule has 0 heterocycles. The van der Waals surface area contributed by atoms with Gasteiger partial charge in [-0.15, -0.1) is 0 Å². The molecule has 0 bridgehead atoms. The van der Waals surface area contributed by atoms with Crippen LogP contribution < -0.4 is 0 Å². The summed E-state index contributed by atoms with van der Waals surface area (Å²) >= 11 is 3.54. The van der Waals surface area contributed by atoms with Crippen LogP contribution in [-0.4, -0.2) is 18.8 Å². The van der Waals surface area contributed by atoms with E-state index in [1.54, 1.807) is 7.11 Å². The maximum Gasteiger partial charge on any atom is 0.0891 e. The summed E-state index contributed by atoms with van der Waals surface area (Å²) in [6.45, 7) is 2.30. The summed E-state index contributed by atoms with van der Waals surface area (Å²) in [6, 6.07) is 8.09. The Bertz CT molecular complexity index is 363. The topological polar surface area (TPSA) is 29.5 Å². The summed E-state index contributed by atoms with van der Waals surface area (Å²) in [7, 11) is 1.72. The number of rotatable bonds is 6. The van der Waals surface area contributed by atoms with E-state index >= 15 is 0 Å². The van der Waals surface area contributed by atoms with Gasteiger partial charge in [0, 0.05) is 24.1 Å². The first kappa shape index (κ1) is 14.4. The number of halogens is 1. The van der Waals surface area contributed by atoms with Crippen LogP contribution in [0.5, 0.6) is 0 Å². The molecule has 1 rings (SSSR count). The molecule has 0 radical (unpaired) electrons. The third-order valence-corrected chi connectivity index (χ3v) is 3.40. The standard InChI is InChI=1S/C14H19BrO2/c1-11(7-5-6-10-16)14(17-2)12-8-3-4-9-13(12)15/h3-5,7-9,11,14,16H,6,10H2,1-2H3/b7-5+. The van der Waals surface area contributed by atoms with Crippen LogP contribution in [0.1, 0.15) is 25.0 Å². The van der Waals surface area contributed by atoms with Crippen molar-refractivity contribution in [3.05, 3.63) is 46.5 Å². The highest BCUT2D eigenvalue weighted by atomic mass is 79.9. The molecular formula is C14H19BrO2. The Morgan fingerprint density at radius 3 is 2.71 bits per heavy atom. The first-order valence-electron chi connectivity index (χ1n) is 5.75. The van der Waals surface area contributed by atoms with Gasteiger partial charge in [-0.3, -0.25) is 0 Å². The Morgan fingerprint density at radius 2 is 2.12 bits per heavy atom. The van der Waals surface area contributed by atoms with E-state index in [-0.39, 0.29) is 18.6 Å². The van der Waals surface area contributed by atoms with Gasteiger partial charge in [0.25, 0.3) is 0 Å². The minimum atomic E-state index is 0.0283. The minimum absolute atomic E-state index is 0.0283. The fraction of sp³-hybridized carbons (Fsp3) is 0.429. The van der Waals surface area contributed by atoms with Gasteiger partial charge in [0.1, 0.15) is 0 Å². The molecule has 1 aromatic rings. The van der Waals surface area contributed by atoms with Crippen LogP contribution in [-0.2, 0) is 4.74 Å². The van der Waals surface area contributed by atoms with Crippen LogP contribution in [0.2, 0.25) is 0 Å². The quantitative estimate of drug-likeness (QED) is 0.811. The zero-order valence-corrected chi connectivity index (χ0v) is 11.9. The number of aliphatic hydroxyl groups excluding tert-OH is 1. The van der Waals surface area contributed by atoms with Crippen molar-refractivity contribution in [3.63, 3.8) is 0 Å². The van der Waals surface area contributed by atoms with E-state index in [2.05, 4.69) is 35.0 Å². The van der Waals surface area contributed by atoms with Crippen LogP contribution in [0.25, 0.3) is 0 Å². The molecule has 0 fully saturated rings. The van der Waals surface area contributed by atoms with E-state index < -0.39 is 0 Å². The highest BCUT2D eigenvalue weighted by Gasteiger charge is 2.18. The lowest BCUT2D eigenvalue weighted by atomic mass is 9.96. The molecule has 0 aliphatic rings. The van der Waals surface area contributed by atoms with Gasteiger partial charge < -0.3 is 9.84 Å². The lowest BCUT2D eigenvalue weighted by Crippen LogP contribution is -2.10. The Kier molecular flexibility index (Phi) is 6.48. The summed E-state index contributed by atoms with van der Waals surface area (Å²) in [5, 5.41) is 8.75. The predicted molar refractivity (Wildman–Crippen MR) is 73.9 cm³/mol. The normalized spacial score (nSPS) is 15.1. The molecule has 2 unspecified atom stereocenters. The second-order valence-electron chi connectivity index (χ2n) is 3.98. The summed E-state index contributed by atoms with van der Waals surface area (Å²) in [5.41, 5.74) is 1.15. The molecule has 0 aliphatic heterocycles. The Labute approximate surface area is 111 Å². The van der Waals surface area contributed by atoms with Gasteiger partial charge in [0.2, 0.25) is 0 Å². The molecule has 94 valence electrons. The number of aliphatic hydroxyl groups is 1. The van der Waals surface area contributed by atoms with Gasteiger partial charge >= 0.3 is 0 Å². The second kappa shape index (κ2) is 7.64. The third-order valence-electron chi connectivity index (χ3n) is 2.68. The number of methoxy groups -OCH3 is 1. The van der Waals surface area contributed by atoms with Crippen molar-refractivity contribution in [1.82, 2.24) is 0 Å². The molecule has 0 spiro atoms. The van der Waals surface area contributed by atoms with Crippen LogP contribution >= 0.6 is 15.9 Å². The van der Waals surface area contributed by atoms with E-state index in [1.807, 2.05) is 24.3 Å². The van der Waals surface area contributed by atoms with Gasteiger partial charge in [-0.25, -0.2) is 0 Å². The molecule has 17 heavy (non-hydrogen) atoms. The van der Waals surface area contributed by atoms with Crippen LogP contribution in [0.15, 0.2) is 40.9 Å². The number of hydrogen-bond acceptors (Lipinski definition) is 2. The molecule has 0 saturated heterocycles. The maximum absolute atomic E-state index is 8.75. The fourth-order valence-corrected chi connectivity index (χ4v) is 2.33. The second-order valence-corrected chi connectivity index (χ2v) is 4.83. The summed E-state index contributed by atoms with van der Waals surface area (Å²) in [6.07, 6.45) is 4.80. The average molecular weight is 299 g/mol. The van der Waals surface area contributed by atoms with Crippen molar-refractivity contribution in [2.45, 2.75) is 19.4 Å². The predicted octanol–water partition coefficient (Wildman–Crippen LogP) is 3.71. The van der Waals surface area contributed by atoms with E-state index in [4.69, 9.17) is 9.84 Å². The first-order valence-corrected chi connectivity index (χ1v) is 6.54. The fourth-order valence-electron chi connectivity index (χ4n) is 1.82. The summed E-state index contributed by atoms with van der Waals surface area (Å²) in [5.74, 6) is 0.269. The summed E-state index contributed by atoms with van der Waals surface area (Å²) in [4.78, 5) is 0. The van der Waals surface area contributed by atoms with Crippen molar-refractivity contribution in [1.29, 1.82) is 0 Å². The first-order chi connectivity index (χ1) is 8.20. The third kappa shape index (κ3) is 4.26. The Morgan fingerprint density at radius 1 is 1.41 bits per heavy atom. The summed E-state index contributed by atoms with van der Waals surface area (Å²) < 4.78 is 6.63. The van der Waals surface area contributed by atoms with E-state index in [0.29, 0.717) is 6.42 Å². The molecule has 0 aliphatic carbocycles. The van der Waals surface area contributed by atoms with Gasteiger partial charge in [0.05, 0.1) is 6.10 Å². The van der Waals surface area contributed by atoms with Crippen molar-refractivity contribution in [3.8, 4) is 0 Å². The molecule has 2 atom stereocenters. The molecular weight excluding hydrogens is 280 g/mol. The zero-order valence-electron chi connectivity index (χ0n) is 10.3. The molecule has 1 N–H and O–H groups in total. The molecule has 1 aromatic carbocycles. The monoisotopic (exact) mass is 298 g/mol. The van der Waals surface area contributed by atoms with Crippen LogP contribution in [0, 0.1) is 5.92 Å². The smallest absolute Gasteiger partial charge is 0.0891 e. The SMILES string of the molecule is COC(c1ccccc1Br)C(C)/C=C/CCO. The molecule has 3 heteroatoms. The van der Waals surface area contributed by atoms with E-state index in [1.165, 1.54) is 0 Å². The minimum Gasteiger partial charge on any atom is -0.396 e. The molecule has 0 saturated carbocycles. The van der Waals surface area contributed by atoms with Gasteiger partial charge in [-0.2, -0.15) is 0 Å². The number of benzene rings is 1. The Balaban J connectivity index is 2.81. The number of hydrogen-bond donors (Lipinski definition) is 1. The Hall–Kier alpha value is -0.640. The maximum atomic E-state index is 8.75. The lowest BCUT2D eigenvalue weighted by Gasteiger charge is -2.21. The van der Waals surface area contributed by atoms with Crippen molar-refractivity contribution >= 4 is 15.9 Å². The molecule has 0 aromatic heterocycles. The zero-order chi connectivity index (χ0) is 12.7. The molecule has 0 amide bonds. The number of ether oxygens (including phenoxy) is 1. The van der Waals surface area contributed by atoms with Gasteiger partial charge in [-0.1, -0.05) is 53.2 Å². The van der Waals surface area contributed by atoms with Crippen molar-refractivity contribution in [2.24, 2.45) is 5.92 Å². The van der Waals surface area contributed by atoms with Gasteiger partial charge in [-0.05, 0) is 18.1 Å². The lowest BCUT2D eigenvalue weighted by molar-refractivity contribution is 0.0735. The average Bonchev–Trinajstić information content (AvgIpc) is 2.33. The van der Waals surface area contributed by atoms with Crippen LogP contribution in [0.4, 0.5) is 0 Å². The largest absolute Gasteiger partial charge is 0.396 e. The molecule has 2 nitrogen and oxygen atoms in total. The van der Waals surface area contributed by atoms with E-state index in [9.17, 15) is 0 Å². The van der Waals surface area contributed by atoms with Crippen molar-refractivity contribution < 1.29 is 9.84 Å². The highest BCUT2D eigenvalue weighted by Crippen LogP contribution is 2.31. The van der Waals surface area contributed by atoms with E-state index in [0.717, 1.165) is 10.0 Å². The van der Waals surface area contributed by atoms with Gasteiger partial charge in [0.15, 0.2) is 0 Å². The van der Waals surface area contributed by atoms with Crippen LogP contribution in [0.3, 0.4) is 0 Å².